The Morgan fingerprint density at radius 3 is 2.21 bits per heavy atom. The molecule has 0 saturated heterocycles. The van der Waals surface area contributed by atoms with Crippen LogP contribution in [0.5, 0.6) is 0 Å². The second-order valence-electron chi connectivity index (χ2n) is 4.09. The SMILES string of the molecule is Cc1cc(N)ccc1S(=O)(=O)NCCNS(C)(=O)=O. The molecule has 0 aliphatic rings. The lowest BCUT2D eigenvalue weighted by Gasteiger charge is -2.10. The van der Waals surface area contributed by atoms with Gasteiger partial charge >= 0.3 is 0 Å². The fourth-order valence-corrected chi connectivity index (χ4v) is 3.20. The first-order chi connectivity index (χ1) is 8.62. The first-order valence-corrected chi connectivity index (χ1v) is 8.80. The van der Waals surface area contributed by atoms with Crippen molar-refractivity contribution in [1.82, 2.24) is 9.44 Å². The summed E-state index contributed by atoms with van der Waals surface area (Å²) in [7, 11) is -6.99. The molecule has 9 heteroatoms. The molecular weight excluding hydrogens is 290 g/mol. The Morgan fingerprint density at radius 1 is 1.11 bits per heavy atom. The third kappa shape index (κ3) is 5.15. The monoisotopic (exact) mass is 307 g/mol. The van der Waals surface area contributed by atoms with Crippen molar-refractivity contribution < 1.29 is 16.8 Å². The molecule has 0 radical (unpaired) electrons. The maximum absolute atomic E-state index is 12.0. The van der Waals surface area contributed by atoms with Gasteiger partial charge in [-0.15, -0.1) is 0 Å². The molecule has 0 saturated carbocycles. The van der Waals surface area contributed by atoms with E-state index in [1.54, 1.807) is 13.0 Å². The average Bonchev–Trinajstić information content (AvgIpc) is 2.22. The molecule has 0 heterocycles. The van der Waals surface area contributed by atoms with Crippen LogP contribution in [0.4, 0.5) is 5.69 Å². The zero-order valence-electron chi connectivity index (χ0n) is 10.7. The highest BCUT2D eigenvalue weighted by Gasteiger charge is 2.16. The van der Waals surface area contributed by atoms with Crippen molar-refractivity contribution in [1.29, 1.82) is 0 Å². The lowest BCUT2D eigenvalue weighted by atomic mass is 10.2. The number of nitrogen functional groups attached to an aromatic ring is 1. The van der Waals surface area contributed by atoms with Gasteiger partial charge in [-0.2, -0.15) is 0 Å². The van der Waals surface area contributed by atoms with E-state index in [-0.39, 0.29) is 18.0 Å². The first-order valence-electron chi connectivity index (χ1n) is 5.42. The van der Waals surface area contributed by atoms with Crippen LogP contribution in [0.2, 0.25) is 0 Å². The highest BCUT2D eigenvalue weighted by atomic mass is 32.2. The van der Waals surface area contributed by atoms with Crippen molar-refractivity contribution >= 4 is 25.7 Å². The summed E-state index contributed by atoms with van der Waals surface area (Å²) in [5.41, 5.74) is 6.56. The molecule has 19 heavy (non-hydrogen) atoms. The molecule has 0 aromatic heterocycles. The summed E-state index contributed by atoms with van der Waals surface area (Å²) in [4.78, 5) is 0.126. The summed E-state index contributed by atoms with van der Waals surface area (Å²) in [6.07, 6.45) is 1.01. The van der Waals surface area contributed by atoms with Gasteiger partial charge in [-0.05, 0) is 30.7 Å². The van der Waals surface area contributed by atoms with Crippen molar-refractivity contribution in [2.45, 2.75) is 11.8 Å². The number of hydrogen-bond acceptors (Lipinski definition) is 5. The summed E-state index contributed by atoms with van der Waals surface area (Å²) >= 11 is 0. The maximum atomic E-state index is 12.0. The van der Waals surface area contributed by atoms with Crippen LogP contribution in [0.25, 0.3) is 0 Å². The largest absolute Gasteiger partial charge is 0.399 e. The van der Waals surface area contributed by atoms with Crippen LogP contribution in [0, 0.1) is 6.92 Å². The normalized spacial score (nSPS) is 12.5. The van der Waals surface area contributed by atoms with Crippen molar-refractivity contribution in [3.8, 4) is 0 Å². The highest BCUT2D eigenvalue weighted by Crippen LogP contribution is 2.17. The van der Waals surface area contributed by atoms with Crippen LogP contribution in [0.3, 0.4) is 0 Å². The standard InChI is InChI=1S/C10H17N3O4S2/c1-8-7-9(11)3-4-10(8)19(16,17)13-6-5-12-18(2,14)15/h3-4,7,12-13H,5-6,11H2,1-2H3. The van der Waals surface area contributed by atoms with E-state index in [9.17, 15) is 16.8 Å². The molecular formula is C10H17N3O4S2. The molecule has 0 amide bonds. The third-order valence-electron chi connectivity index (χ3n) is 2.27. The van der Waals surface area contributed by atoms with Crippen LogP contribution in [0.15, 0.2) is 23.1 Å². The molecule has 0 bridgehead atoms. The van der Waals surface area contributed by atoms with E-state index in [2.05, 4.69) is 9.44 Å². The van der Waals surface area contributed by atoms with Crippen molar-refractivity contribution in [2.75, 3.05) is 25.1 Å². The molecule has 0 unspecified atom stereocenters. The Hall–Kier alpha value is -1.16. The number of aryl methyl sites for hydroxylation is 1. The molecule has 0 spiro atoms. The van der Waals surface area contributed by atoms with Crippen LogP contribution in [-0.4, -0.2) is 36.2 Å². The molecule has 1 rings (SSSR count). The van der Waals surface area contributed by atoms with Gasteiger partial charge in [0.05, 0.1) is 11.2 Å². The zero-order chi connectivity index (χ0) is 14.7. The maximum Gasteiger partial charge on any atom is 0.240 e. The fourth-order valence-electron chi connectivity index (χ4n) is 1.47. The van der Waals surface area contributed by atoms with Gasteiger partial charge in [0.15, 0.2) is 0 Å². The molecule has 0 aliphatic heterocycles. The molecule has 108 valence electrons. The van der Waals surface area contributed by atoms with Gasteiger partial charge < -0.3 is 5.73 Å². The van der Waals surface area contributed by atoms with E-state index >= 15 is 0 Å². The lowest BCUT2D eigenvalue weighted by molar-refractivity contribution is 0.573. The quantitative estimate of drug-likeness (QED) is 0.479. The Morgan fingerprint density at radius 2 is 1.68 bits per heavy atom. The van der Waals surface area contributed by atoms with Crippen LogP contribution in [0.1, 0.15) is 5.56 Å². The van der Waals surface area contributed by atoms with E-state index in [1.807, 2.05) is 0 Å². The van der Waals surface area contributed by atoms with E-state index < -0.39 is 20.0 Å². The molecule has 0 aliphatic carbocycles. The van der Waals surface area contributed by atoms with Crippen LogP contribution < -0.4 is 15.2 Å². The van der Waals surface area contributed by atoms with E-state index in [1.165, 1.54) is 12.1 Å². The van der Waals surface area contributed by atoms with Gasteiger partial charge in [0.1, 0.15) is 0 Å². The minimum absolute atomic E-state index is 0.00785. The van der Waals surface area contributed by atoms with Crippen molar-refractivity contribution in [3.63, 3.8) is 0 Å². The molecule has 7 nitrogen and oxygen atoms in total. The summed E-state index contributed by atoms with van der Waals surface area (Å²) in [6, 6.07) is 4.47. The predicted octanol–water partition coefficient (Wildman–Crippen LogP) is -0.595. The fraction of sp³-hybridized carbons (Fsp3) is 0.400. The lowest BCUT2D eigenvalue weighted by Crippen LogP contribution is -2.34. The third-order valence-corrected chi connectivity index (χ3v) is 4.62. The van der Waals surface area contributed by atoms with Gasteiger partial charge in [0.25, 0.3) is 0 Å². The number of rotatable bonds is 6. The first kappa shape index (κ1) is 15.9. The van der Waals surface area contributed by atoms with Gasteiger partial charge in [0, 0.05) is 18.8 Å². The highest BCUT2D eigenvalue weighted by molar-refractivity contribution is 7.89. The van der Waals surface area contributed by atoms with Crippen molar-refractivity contribution in [2.24, 2.45) is 0 Å². The smallest absolute Gasteiger partial charge is 0.240 e. The second-order valence-corrected chi connectivity index (χ2v) is 7.66. The topological polar surface area (TPSA) is 118 Å². The summed E-state index contributed by atoms with van der Waals surface area (Å²) in [6.45, 7) is 1.60. The van der Waals surface area contributed by atoms with Crippen molar-refractivity contribution in [3.05, 3.63) is 23.8 Å². The van der Waals surface area contributed by atoms with E-state index in [4.69, 9.17) is 5.73 Å². The number of nitrogens with two attached hydrogens (primary N) is 1. The number of sulfonamides is 2. The Kier molecular flexibility index (Phi) is 4.91. The number of anilines is 1. The minimum Gasteiger partial charge on any atom is -0.399 e. The molecule has 0 atom stereocenters. The van der Waals surface area contributed by atoms with E-state index in [0.29, 0.717) is 11.3 Å². The average molecular weight is 307 g/mol. The van der Waals surface area contributed by atoms with Gasteiger partial charge in [-0.1, -0.05) is 0 Å². The van der Waals surface area contributed by atoms with Gasteiger partial charge in [0.2, 0.25) is 20.0 Å². The molecule has 4 N–H and O–H groups in total. The Labute approximate surface area is 113 Å². The molecule has 0 fully saturated rings. The predicted molar refractivity (Wildman–Crippen MR) is 73.6 cm³/mol. The van der Waals surface area contributed by atoms with Gasteiger partial charge in [-0.25, -0.2) is 26.3 Å². The Bertz CT molecular complexity index is 653. The summed E-state index contributed by atoms with van der Waals surface area (Å²) in [5, 5.41) is 0. The minimum atomic E-state index is -3.67. The van der Waals surface area contributed by atoms with E-state index in [0.717, 1.165) is 6.26 Å². The van der Waals surface area contributed by atoms with Gasteiger partial charge in [-0.3, -0.25) is 0 Å². The Balaban J connectivity index is 2.71. The molecule has 1 aromatic rings. The molecule has 1 aromatic carbocycles. The van der Waals surface area contributed by atoms with Crippen LogP contribution in [-0.2, 0) is 20.0 Å². The van der Waals surface area contributed by atoms with Crippen LogP contribution >= 0.6 is 0 Å². The number of nitrogens with one attached hydrogen (secondary N) is 2. The number of benzene rings is 1. The second kappa shape index (κ2) is 5.87. The zero-order valence-corrected chi connectivity index (χ0v) is 12.3. The number of hydrogen-bond donors (Lipinski definition) is 3. The summed E-state index contributed by atoms with van der Waals surface area (Å²) < 4.78 is 50.1. The summed E-state index contributed by atoms with van der Waals surface area (Å²) in [5.74, 6) is 0.